The molecular formula is C16H26N4O3. The molecule has 0 aliphatic carbocycles. The maximum atomic E-state index is 12.4. The molecule has 7 heteroatoms. The standard InChI is InChI=1S/C16H26N4O3/c1-4-12(5-2)20-14(6-3)13(9-17-20)18-16(23)19-8-7-11(10-19)15(21)22/h9,11-12H,4-8,10H2,1-3H3,(H,18,23)(H,21,22). The number of likely N-dealkylation sites (tertiary alicyclic amines) is 1. The van der Waals surface area contributed by atoms with Crippen LogP contribution in [0.15, 0.2) is 6.20 Å². The highest BCUT2D eigenvalue weighted by Gasteiger charge is 2.31. The largest absolute Gasteiger partial charge is 0.481 e. The summed E-state index contributed by atoms with van der Waals surface area (Å²) in [4.78, 5) is 24.9. The van der Waals surface area contributed by atoms with E-state index in [0.717, 1.165) is 30.6 Å². The molecule has 1 aliphatic rings. The molecule has 23 heavy (non-hydrogen) atoms. The van der Waals surface area contributed by atoms with Gasteiger partial charge in [0.25, 0.3) is 0 Å². The lowest BCUT2D eigenvalue weighted by atomic mass is 10.1. The van der Waals surface area contributed by atoms with Gasteiger partial charge in [-0.3, -0.25) is 9.48 Å². The fraction of sp³-hybridized carbons (Fsp3) is 0.688. The summed E-state index contributed by atoms with van der Waals surface area (Å²) in [6.07, 6.45) is 4.97. The van der Waals surface area contributed by atoms with Crippen molar-refractivity contribution < 1.29 is 14.7 Å². The van der Waals surface area contributed by atoms with Crippen LogP contribution < -0.4 is 5.32 Å². The van der Waals surface area contributed by atoms with Crippen LogP contribution >= 0.6 is 0 Å². The molecule has 1 aromatic rings. The predicted octanol–water partition coefficient (Wildman–Crippen LogP) is 2.75. The summed E-state index contributed by atoms with van der Waals surface area (Å²) in [7, 11) is 0. The molecule has 1 saturated heterocycles. The van der Waals surface area contributed by atoms with Gasteiger partial charge in [0.05, 0.1) is 29.5 Å². The fourth-order valence-corrected chi connectivity index (χ4v) is 3.13. The maximum Gasteiger partial charge on any atom is 0.321 e. The van der Waals surface area contributed by atoms with Crippen LogP contribution in [-0.2, 0) is 11.2 Å². The van der Waals surface area contributed by atoms with Gasteiger partial charge in [-0.2, -0.15) is 5.10 Å². The maximum absolute atomic E-state index is 12.4. The Balaban J connectivity index is 2.08. The molecule has 2 rings (SSSR count). The van der Waals surface area contributed by atoms with Crippen LogP contribution in [0.2, 0.25) is 0 Å². The van der Waals surface area contributed by atoms with E-state index in [4.69, 9.17) is 5.11 Å². The van der Waals surface area contributed by atoms with Crippen molar-refractivity contribution in [1.29, 1.82) is 0 Å². The van der Waals surface area contributed by atoms with Crippen molar-refractivity contribution in [3.63, 3.8) is 0 Å². The molecule has 0 aromatic carbocycles. The summed E-state index contributed by atoms with van der Waals surface area (Å²) in [6, 6.07) is 0.0892. The minimum Gasteiger partial charge on any atom is -0.481 e. The molecule has 7 nitrogen and oxygen atoms in total. The minimum atomic E-state index is -0.837. The molecule has 2 heterocycles. The van der Waals surface area contributed by atoms with Crippen molar-refractivity contribution in [2.24, 2.45) is 5.92 Å². The number of urea groups is 1. The predicted molar refractivity (Wildman–Crippen MR) is 87.6 cm³/mol. The van der Waals surface area contributed by atoms with Crippen molar-refractivity contribution in [2.45, 2.75) is 52.5 Å². The first kappa shape index (κ1) is 17.3. The van der Waals surface area contributed by atoms with Crippen LogP contribution in [0.25, 0.3) is 0 Å². The molecule has 0 bridgehead atoms. The van der Waals surface area contributed by atoms with E-state index in [1.54, 1.807) is 11.1 Å². The van der Waals surface area contributed by atoms with Gasteiger partial charge in [-0.1, -0.05) is 20.8 Å². The van der Waals surface area contributed by atoms with E-state index in [1.807, 2.05) is 11.6 Å². The molecule has 2 amide bonds. The zero-order valence-electron chi connectivity index (χ0n) is 14.1. The van der Waals surface area contributed by atoms with Crippen LogP contribution in [0.1, 0.15) is 51.8 Å². The summed E-state index contributed by atoms with van der Waals surface area (Å²) in [5.41, 5.74) is 1.74. The van der Waals surface area contributed by atoms with E-state index in [2.05, 4.69) is 24.3 Å². The lowest BCUT2D eigenvalue weighted by Gasteiger charge is -2.19. The van der Waals surface area contributed by atoms with Gasteiger partial charge in [0, 0.05) is 13.1 Å². The van der Waals surface area contributed by atoms with Crippen molar-refractivity contribution in [1.82, 2.24) is 14.7 Å². The van der Waals surface area contributed by atoms with E-state index in [9.17, 15) is 9.59 Å². The third kappa shape index (κ3) is 3.65. The Hall–Kier alpha value is -2.05. The third-order valence-corrected chi connectivity index (χ3v) is 4.59. The lowest BCUT2D eigenvalue weighted by molar-refractivity contribution is -0.141. The lowest BCUT2D eigenvalue weighted by Crippen LogP contribution is -2.34. The first-order valence-corrected chi connectivity index (χ1v) is 8.36. The Bertz CT molecular complexity index is 566. The number of carboxylic acids is 1. The van der Waals surface area contributed by atoms with Crippen LogP contribution in [0, 0.1) is 5.92 Å². The van der Waals surface area contributed by atoms with Crippen LogP contribution in [-0.4, -0.2) is 44.9 Å². The molecule has 128 valence electrons. The van der Waals surface area contributed by atoms with Crippen molar-refractivity contribution in [2.75, 3.05) is 18.4 Å². The molecule has 2 N–H and O–H groups in total. The Morgan fingerprint density at radius 3 is 2.61 bits per heavy atom. The Morgan fingerprint density at radius 2 is 2.09 bits per heavy atom. The number of hydrogen-bond acceptors (Lipinski definition) is 3. The highest BCUT2D eigenvalue weighted by atomic mass is 16.4. The number of aliphatic carboxylic acids is 1. The second-order valence-electron chi connectivity index (χ2n) is 5.97. The van der Waals surface area contributed by atoms with E-state index in [-0.39, 0.29) is 12.6 Å². The smallest absolute Gasteiger partial charge is 0.321 e. The van der Waals surface area contributed by atoms with Gasteiger partial charge in [0.2, 0.25) is 0 Å². The number of amides is 2. The van der Waals surface area contributed by atoms with Crippen LogP contribution in [0.3, 0.4) is 0 Å². The fourth-order valence-electron chi connectivity index (χ4n) is 3.13. The molecule has 1 fully saturated rings. The number of nitrogens with zero attached hydrogens (tertiary/aromatic N) is 3. The average molecular weight is 322 g/mol. The van der Waals surface area contributed by atoms with Crippen molar-refractivity contribution in [3.8, 4) is 0 Å². The number of aromatic nitrogens is 2. The summed E-state index contributed by atoms with van der Waals surface area (Å²) in [6.45, 7) is 7.05. The van der Waals surface area contributed by atoms with Crippen molar-refractivity contribution >= 4 is 17.7 Å². The Kier molecular flexibility index (Phi) is 5.63. The SMILES string of the molecule is CCc1c(NC(=O)N2CCC(C(=O)O)C2)cnn1C(CC)CC. The van der Waals surface area contributed by atoms with Crippen LogP contribution in [0.5, 0.6) is 0 Å². The summed E-state index contributed by atoms with van der Waals surface area (Å²) in [5.74, 6) is -1.30. The molecule has 1 aromatic heterocycles. The summed E-state index contributed by atoms with van der Waals surface area (Å²) >= 11 is 0. The molecular weight excluding hydrogens is 296 g/mol. The quantitative estimate of drug-likeness (QED) is 0.843. The van der Waals surface area contributed by atoms with E-state index >= 15 is 0 Å². The van der Waals surface area contributed by atoms with E-state index < -0.39 is 11.9 Å². The number of carboxylic acid groups (broad SMARTS) is 1. The highest BCUT2D eigenvalue weighted by molar-refractivity contribution is 5.90. The Morgan fingerprint density at radius 1 is 1.39 bits per heavy atom. The molecule has 0 saturated carbocycles. The van der Waals surface area contributed by atoms with Gasteiger partial charge in [0.15, 0.2) is 0 Å². The molecule has 0 radical (unpaired) electrons. The number of rotatable bonds is 6. The summed E-state index contributed by atoms with van der Waals surface area (Å²) in [5, 5.41) is 16.4. The number of anilines is 1. The van der Waals surface area contributed by atoms with Gasteiger partial charge >= 0.3 is 12.0 Å². The third-order valence-electron chi connectivity index (χ3n) is 4.59. The molecule has 0 spiro atoms. The monoisotopic (exact) mass is 322 g/mol. The van der Waals surface area contributed by atoms with Crippen molar-refractivity contribution in [3.05, 3.63) is 11.9 Å². The second kappa shape index (κ2) is 7.48. The number of nitrogens with one attached hydrogen (secondary N) is 1. The normalized spacial score (nSPS) is 17.7. The van der Waals surface area contributed by atoms with Crippen LogP contribution in [0.4, 0.5) is 10.5 Å². The summed E-state index contributed by atoms with van der Waals surface area (Å²) < 4.78 is 2.00. The molecule has 1 unspecified atom stereocenters. The second-order valence-corrected chi connectivity index (χ2v) is 5.97. The molecule has 1 atom stereocenters. The van der Waals surface area contributed by atoms with Gasteiger partial charge < -0.3 is 15.3 Å². The van der Waals surface area contributed by atoms with Gasteiger partial charge in [-0.25, -0.2) is 4.79 Å². The number of carbonyl (C=O) groups is 2. The first-order valence-electron chi connectivity index (χ1n) is 8.36. The molecule has 1 aliphatic heterocycles. The van der Waals surface area contributed by atoms with E-state index in [0.29, 0.717) is 19.0 Å². The highest BCUT2D eigenvalue weighted by Crippen LogP contribution is 2.25. The Labute approximate surface area is 136 Å². The van der Waals surface area contributed by atoms with Gasteiger partial charge in [-0.15, -0.1) is 0 Å². The van der Waals surface area contributed by atoms with Gasteiger partial charge in [-0.05, 0) is 25.7 Å². The van der Waals surface area contributed by atoms with E-state index in [1.165, 1.54) is 0 Å². The first-order chi connectivity index (χ1) is 11.0. The average Bonchev–Trinajstić information content (AvgIpc) is 3.16. The number of hydrogen-bond donors (Lipinski definition) is 2. The zero-order valence-corrected chi connectivity index (χ0v) is 14.1. The zero-order chi connectivity index (χ0) is 17.0. The number of carbonyl (C=O) groups excluding carboxylic acids is 1. The van der Waals surface area contributed by atoms with Gasteiger partial charge in [0.1, 0.15) is 0 Å². The minimum absolute atomic E-state index is 0.243. The topological polar surface area (TPSA) is 87.5 Å².